The molecule has 6 heteroatoms. The van der Waals surface area contributed by atoms with Crippen molar-refractivity contribution in [3.8, 4) is 11.5 Å². The van der Waals surface area contributed by atoms with Crippen molar-refractivity contribution in [3.05, 3.63) is 53.9 Å². The van der Waals surface area contributed by atoms with E-state index in [1.165, 1.54) is 14.2 Å². The first-order valence-corrected chi connectivity index (χ1v) is 6.20. The molecular formula is C15H15N3O3. The van der Waals surface area contributed by atoms with Gasteiger partial charge in [0.05, 0.1) is 20.4 Å². The molecule has 1 heterocycles. The Bertz CT molecular complexity index is 642. The van der Waals surface area contributed by atoms with Gasteiger partial charge in [0.2, 0.25) is 0 Å². The molecule has 0 saturated heterocycles. The van der Waals surface area contributed by atoms with E-state index in [-0.39, 0.29) is 5.91 Å². The molecule has 0 atom stereocenters. The first-order valence-electron chi connectivity index (χ1n) is 6.20. The van der Waals surface area contributed by atoms with Gasteiger partial charge in [-0.1, -0.05) is 0 Å². The summed E-state index contributed by atoms with van der Waals surface area (Å²) in [7, 11) is 3.05. The minimum atomic E-state index is -0.332. The summed E-state index contributed by atoms with van der Waals surface area (Å²) >= 11 is 0. The molecule has 1 N–H and O–H groups in total. The number of amides is 1. The van der Waals surface area contributed by atoms with E-state index < -0.39 is 0 Å². The number of hydrogen-bond donors (Lipinski definition) is 1. The summed E-state index contributed by atoms with van der Waals surface area (Å²) in [6.07, 6.45) is 4.84. The molecule has 6 nitrogen and oxygen atoms in total. The second-order valence-electron chi connectivity index (χ2n) is 4.05. The lowest BCUT2D eigenvalue weighted by atomic mass is 10.2. The summed E-state index contributed by atoms with van der Waals surface area (Å²) in [6.45, 7) is 0. The Morgan fingerprint density at radius 2 is 1.86 bits per heavy atom. The zero-order chi connectivity index (χ0) is 15.1. The zero-order valence-corrected chi connectivity index (χ0v) is 11.7. The van der Waals surface area contributed by atoms with E-state index in [4.69, 9.17) is 9.47 Å². The molecule has 0 radical (unpaired) electrons. The minimum Gasteiger partial charge on any atom is -0.493 e. The molecule has 1 amide bonds. The third-order valence-electron chi connectivity index (χ3n) is 2.73. The lowest BCUT2D eigenvalue weighted by Gasteiger charge is -2.08. The van der Waals surface area contributed by atoms with Gasteiger partial charge in [0.25, 0.3) is 5.91 Å². The monoisotopic (exact) mass is 285 g/mol. The van der Waals surface area contributed by atoms with E-state index in [0.717, 1.165) is 5.56 Å². The highest BCUT2D eigenvalue weighted by molar-refractivity contribution is 5.95. The highest BCUT2D eigenvalue weighted by atomic mass is 16.5. The Hall–Kier alpha value is -2.89. The highest BCUT2D eigenvalue weighted by Gasteiger charge is 2.09. The average molecular weight is 285 g/mol. The van der Waals surface area contributed by atoms with Crippen LogP contribution < -0.4 is 14.9 Å². The van der Waals surface area contributed by atoms with Gasteiger partial charge in [0.15, 0.2) is 11.5 Å². The van der Waals surface area contributed by atoms with Crippen molar-refractivity contribution in [1.29, 1.82) is 0 Å². The second kappa shape index (κ2) is 7.04. The normalized spacial score (nSPS) is 10.4. The molecular weight excluding hydrogens is 270 g/mol. The second-order valence-corrected chi connectivity index (χ2v) is 4.05. The molecule has 1 aromatic carbocycles. The van der Waals surface area contributed by atoms with Crippen LogP contribution in [0.4, 0.5) is 0 Å². The Balaban J connectivity index is 2.05. The molecule has 0 aliphatic heterocycles. The zero-order valence-electron chi connectivity index (χ0n) is 11.7. The Morgan fingerprint density at radius 1 is 1.14 bits per heavy atom. The quantitative estimate of drug-likeness (QED) is 0.672. The van der Waals surface area contributed by atoms with Gasteiger partial charge in [-0.05, 0) is 35.9 Å². The van der Waals surface area contributed by atoms with Crippen molar-refractivity contribution in [3.63, 3.8) is 0 Å². The van der Waals surface area contributed by atoms with Crippen LogP contribution in [0.1, 0.15) is 15.9 Å². The summed E-state index contributed by atoms with van der Waals surface area (Å²) in [5.41, 5.74) is 3.73. The van der Waals surface area contributed by atoms with Crippen LogP contribution in [-0.4, -0.2) is 31.3 Å². The van der Waals surface area contributed by atoms with Crippen molar-refractivity contribution >= 4 is 12.1 Å². The van der Waals surface area contributed by atoms with Gasteiger partial charge in [-0.3, -0.25) is 9.78 Å². The van der Waals surface area contributed by atoms with Gasteiger partial charge in [-0.15, -0.1) is 0 Å². The van der Waals surface area contributed by atoms with Gasteiger partial charge < -0.3 is 9.47 Å². The van der Waals surface area contributed by atoms with E-state index in [1.807, 2.05) is 0 Å². The molecule has 2 rings (SSSR count). The highest BCUT2D eigenvalue weighted by Crippen LogP contribution is 2.27. The van der Waals surface area contributed by atoms with E-state index in [9.17, 15) is 4.79 Å². The van der Waals surface area contributed by atoms with Gasteiger partial charge in [-0.2, -0.15) is 5.10 Å². The predicted octanol–water partition coefficient (Wildman–Crippen LogP) is 1.86. The first-order chi connectivity index (χ1) is 10.2. The standard InChI is InChI=1S/C15H15N3O3/c1-20-13-4-3-12(9-14(13)21-2)15(19)18-17-10-11-5-7-16-8-6-11/h3-10H,1-2H3,(H,18,19). The SMILES string of the molecule is COc1ccc(C(=O)NN=Cc2ccncc2)cc1OC. The molecule has 0 bridgehead atoms. The largest absolute Gasteiger partial charge is 0.493 e. The topological polar surface area (TPSA) is 72.8 Å². The average Bonchev–Trinajstić information content (AvgIpc) is 2.55. The van der Waals surface area contributed by atoms with Crippen molar-refractivity contribution in [2.45, 2.75) is 0 Å². The van der Waals surface area contributed by atoms with Crippen molar-refractivity contribution in [2.24, 2.45) is 5.10 Å². The van der Waals surface area contributed by atoms with E-state index >= 15 is 0 Å². The molecule has 0 spiro atoms. The maximum Gasteiger partial charge on any atom is 0.271 e. The number of hydrogen-bond acceptors (Lipinski definition) is 5. The van der Waals surface area contributed by atoms with Crippen LogP contribution in [0.3, 0.4) is 0 Å². The van der Waals surface area contributed by atoms with Gasteiger partial charge >= 0.3 is 0 Å². The number of pyridine rings is 1. The van der Waals surface area contributed by atoms with Crippen LogP contribution in [0.2, 0.25) is 0 Å². The van der Waals surface area contributed by atoms with Crippen LogP contribution in [0, 0.1) is 0 Å². The number of hydrazone groups is 1. The number of rotatable bonds is 5. The third kappa shape index (κ3) is 3.79. The number of methoxy groups -OCH3 is 2. The fraction of sp³-hybridized carbons (Fsp3) is 0.133. The summed E-state index contributed by atoms with van der Waals surface area (Å²) in [4.78, 5) is 15.9. The lowest BCUT2D eigenvalue weighted by Crippen LogP contribution is -2.17. The number of carbonyl (C=O) groups is 1. The molecule has 0 unspecified atom stereocenters. The summed E-state index contributed by atoms with van der Waals surface area (Å²) in [5.74, 6) is 0.721. The molecule has 0 aliphatic carbocycles. The van der Waals surface area contributed by atoms with Crippen LogP contribution in [0.5, 0.6) is 11.5 Å². The summed E-state index contributed by atoms with van der Waals surface area (Å²) < 4.78 is 10.3. The van der Waals surface area contributed by atoms with Crippen LogP contribution in [0.15, 0.2) is 47.8 Å². The van der Waals surface area contributed by atoms with Gasteiger partial charge in [-0.25, -0.2) is 5.43 Å². The van der Waals surface area contributed by atoms with E-state index in [1.54, 1.807) is 48.9 Å². The molecule has 108 valence electrons. The van der Waals surface area contributed by atoms with Gasteiger partial charge in [0, 0.05) is 18.0 Å². The van der Waals surface area contributed by atoms with Crippen LogP contribution >= 0.6 is 0 Å². The fourth-order valence-corrected chi connectivity index (χ4v) is 1.66. The number of carbonyl (C=O) groups excluding carboxylic acids is 1. The maximum absolute atomic E-state index is 12.0. The number of nitrogens with one attached hydrogen (secondary N) is 1. The molecule has 0 fully saturated rings. The molecule has 2 aromatic rings. The third-order valence-corrected chi connectivity index (χ3v) is 2.73. The molecule has 1 aromatic heterocycles. The van der Waals surface area contributed by atoms with Crippen molar-refractivity contribution in [1.82, 2.24) is 10.4 Å². The summed E-state index contributed by atoms with van der Waals surface area (Å²) in [6, 6.07) is 8.47. The van der Waals surface area contributed by atoms with Crippen LogP contribution in [-0.2, 0) is 0 Å². The summed E-state index contributed by atoms with van der Waals surface area (Å²) in [5, 5.41) is 3.89. The van der Waals surface area contributed by atoms with Crippen LogP contribution in [0.25, 0.3) is 0 Å². The maximum atomic E-state index is 12.0. The molecule has 0 saturated carbocycles. The fourth-order valence-electron chi connectivity index (χ4n) is 1.66. The number of benzene rings is 1. The van der Waals surface area contributed by atoms with Crippen molar-refractivity contribution in [2.75, 3.05) is 14.2 Å². The van der Waals surface area contributed by atoms with Crippen molar-refractivity contribution < 1.29 is 14.3 Å². The van der Waals surface area contributed by atoms with E-state index in [2.05, 4.69) is 15.5 Å². The Labute approximate surface area is 122 Å². The molecule has 21 heavy (non-hydrogen) atoms. The van der Waals surface area contributed by atoms with E-state index in [0.29, 0.717) is 17.1 Å². The number of nitrogens with zero attached hydrogens (tertiary/aromatic N) is 2. The predicted molar refractivity (Wildman–Crippen MR) is 78.8 cm³/mol. The molecule has 0 aliphatic rings. The lowest BCUT2D eigenvalue weighted by molar-refractivity contribution is 0.0954. The minimum absolute atomic E-state index is 0.332. The first kappa shape index (κ1) is 14.5. The Morgan fingerprint density at radius 3 is 2.52 bits per heavy atom. The number of aromatic nitrogens is 1. The number of ether oxygens (including phenoxy) is 2. The smallest absolute Gasteiger partial charge is 0.271 e. The Kier molecular flexibility index (Phi) is 4.87. The van der Waals surface area contributed by atoms with Gasteiger partial charge in [0.1, 0.15) is 0 Å².